The Morgan fingerprint density at radius 2 is 1.46 bits per heavy atom. The van der Waals surface area contributed by atoms with Crippen molar-refractivity contribution in [2.45, 2.75) is 11.1 Å². The molecule has 1 aliphatic heterocycles. The third-order valence-electron chi connectivity index (χ3n) is 3.47. The third-order valence-corrected chi connectivity index (χ3v) is 5.18. The summed E-state index contributed by atoms with van der Waals surface area (Å²) in [5.41, 5.74) is -1.21. The van der Waals surface area contributed by atoms with Crippen molar-refractivity contribution in [2.24, 2.45) is 0 Å². The number of amides is 1. The molecule has 2 aromatic rings. The normalized spacial score (nSPS) is 14.9. The molecule has 0 radical (unpaired) electrons. The van der Waals surface area contributed by atoms with Crippen molar-refractivity contribution in [1.82, 2.24) is 0 Å². The van der Waals surface area contributed by atoms with Gasteiger partial charge in [-0.15, -0.1) is 0 Å². The fourth-order valence-electron chi connectivity index (χ4n) is 2.32. The van der Waals surface area contributed by atoms with Gasteiger partial charge in [0.25, 0.3) is 15.8 Å². The van der Waals surface area contributed by atoms with Gasteiger partial charge in [-0.05, 0) is 36.4 Å². The van der Waals surface area contributed by atoms with Crippen LogP contribution in [0.25, 0.3) is 0 Å². The van der Waals surface area contributed by atoms with E-state index in [2.05, 4.69) is 0 Å². The molecule has 0 saturated carbocycles. The zero-order valence-electron chi connectivity index (χ0n) is 11.7. The van der Waals surface area contributed by atoms with Gasteiger partial charge in [-0.3, -0.25) is 9.59 Å². The van der Waals surface area contributed by atoms with Crippen molar-refractivity contribution in [1.29, 1.82) is 0 Å². The monoisotopic (exact) mass is 355 g/mol. The molecule has 0 aliphatic carbocycles. The van der Waals surface area contributed by atoms with Crippen LogP contribution < -0.4 is 4.31 Å². The van der Waals surface area contributed by atoms with Gasteiger partial charge in [0.1, 0.15) is 0 Å². The number of anilines is 1. The summed E-state index contributed by atoms with van der Waals surface area (Å²) in [7, 11) is -4.50. The van der Waals surface area contributed by atoms with E-state index in [0.29, 0.717) is 16.4 Å². The molecular weight excluding hydrogens is 347 g/mol. The van der Waals surface area contributed by atoms with Crippen LogP contribution in [0.15, 0.2) is 53.4 Å². The maximum absolute atomic E-state index is 12.6. The molecule has 5 nitrogen and oxygen atoms in total. The number of Topliss-reactive ketones (excluding diaryl/α,β-unsaturated/α-hetero) is 1. The second-order valence-corrected chi connectivity index (χ2v) is 6.73. The minimum Gasteiger partial charge on any atom is -0.283 e. The van der Waals surface area contributed by atoms with Crippen LogP contribution in [-0.2, 0) is 21.0 Å². The molecule has 9 heteroatoms. The lowest BCUT2D eigenvalue weighted by Gasteiger charge is -2.17. The lowest BCUT2D eigenvalue weighted by atomic mass is 10.1. The van der Waals surface area contributed by atoms with Gasteiger partial charge in [0.2, 0.25) is 0 Å². The van der Waals surface area contributed by atoms with Crippen molar-refractivity contribution in [3.63, 3.8) is 0 Å². The zero-order chi connectivity index (χ0) is 17.7. The highest BCUT2D eigenvalue weighted by Gasteiger charge is 2.43. The van der Waals surface area contributed by atoms with Crippen LogP contribution in [-0.4, -0.2) is 20.1 Å². The van der Waals surface area contributed by atoms with Crippen molar-refractivity contribution in [2.75, 3.05) is 4.31 Å². The van der Waals surface area contributed by atoms with Crippen LogP contribution in [0, 0.1) is 0 Å². The number of fused-ring (bicyclic) bond motifs is 1. The van der Waals surface area contributed by atoms with E-state index < -0.39 is 38.3 Å². The van der Waals surface area contributed by atoms with Crippen LogP contribution in [0.3, 0.4) is 0 Å². The van der Waals surface area contributed by atoms with E-state index in [1.807, 2.05) is 0 Å². The third kappa shape index (κ3) is 2.37. The average molecular weight is 355 g/mol. The van der Waals surface area contributed by atoms with Crippen LogP contribution in [0.4, 0.5) is 18.9 Å². The summed E-state index contributed by atoms with van der Waals surface area (Å²) >= 11 is 0. The van der Waals surface area contributed by atoms with Crippen LogP contribution in [0.2, 0.25) is 0 Å². The summed E-state index contributed by atoms with van der Waals surface area (Å²) in [6.07, 6.45) is -4.62. The molecule has 2 aromatic carbocycles. The Kier molecular flexibility index (Phi) is 3.48. The van der Waals surface area contributed by atoms with Gasteiger partial charge in [-0.25, -0.2) is 8.42 Å². The fourth-order valence-corrected chi connectivity index (χ4v) is 3.73. The van der Waals surface area contributed by atoms with Crippen LogP contribution in [0.5, 0.6) is 0 Å². The summed E-state index contributed by atoms with van der Waals surface area (Å²) < 4.78 is 63.2. The van der Waals surface area contributed by atoms with Gasteiger partial charge < -0.3 is 0 Å². The van der Waals surface area contributed by atoms with E-state index in [1.54, 1.807) is 0 Å². The summed E-state index contributed by atoms with van der Waals surface area (Å²) in [4.78, 5) is 23.4. The molecule has 0 atom stereocenters. The summed E-state index contributed by atoms with van der Waals surface area (Å²) in [6.45, 7) is 0. The number of rotatable bonds is 2. The first kappa shape index (κ1) is 16.2. The Bertz CT molecular complexity index is 949. The number of alkyl halides is 3. The number of hydrogen-bond donors (Lipinski definition) is 0. The number of hydrogen-bond acceptors (Lipinski definition) is 4. The molecule has 0 N–H and O–H groups in total. The number of para-hydroxylation sites is 1. The van der Waals surface area contributed by atoms with Gasteiger partial charge in [-0.1, -0.05) is 12.1 Å². The number of halogens is 3. The second kappa shape index (κ2) is 5.17. The number of carbonyl (C=O) groups excluding carboxylic acids is 2. The molecule has 1 heterocycles. The summed E-state index contributed by atoms with van der Waals surface area (Å²) in [5.74, 6) is -2.25. The van der Waals surface area contributed by atoms with Gasteiger partial charge >= 0.3 is 12.1 Å². The largest absolute Gasteiger partial charge is 0.416 e. The SMILES string of the molecule is O=C1C(=O)N(S(=O)(=O)c2ccc(C(F)(F)F)cc2)c2ccccc21. The first-order valence-electron chi connectivity index (χ1n) is 6.54. The average Bonchev–Trinajstić information content (AvgIpc) is 2.79. The molecule has 124 valence electrons. The number of ketones is 1. The molecule has 1 aliphatic rings. The zero-order valence-corrected chi connectivity index (χ0v) is 12.6. The Hall–Kier alpha value is -2.68. The number of nitrogens with zero attached hydrogens (tertiary/aromatic N) is 1. The molecule has 24 heavy (non-hydrogen) atoms. The molecule has 0 bridgehead atoms. The van der Waals surface area contributed by atoms with Crippen molar-refractivity contribution >= 4 is 27.4 Å². The van der Waals surface area contributed by atoms with Gasteiger partial charge in [0.05, 0.1) is 21.7 Å². The maximum atomic E-state index is 12.6. The molecule has 0 aromatic heterocycles. The maximum Gasteiger partial charge on any atom is 0.416 e. The second-order valence-electron chi connectivity index (χ2n) is 4.94. The molecular formula is C15H8F3NO4S. The van der Waals surface area contributed by atoms with Crippen molar-refractivity contribution in [3.8, 4) is 0 Å². The van der Waals surface area contributed by atoms with Gasteiger partial charge in [-0.2, -0.15) is 17.5 Å². The number of carbonyl (C=O) groups is 2. The molecule has 0 spiro atoms. The van der Waals surface area contributed by atoms with E-state index in [1.165, 1.54) is 24.3 Å². The molecule has 0 unspecified atom stereocenters. The Labute approximate surface area is 134 Å². The van der Waals surface area contributed by atoms with E-state index >= 15 is 0 Å². The minimum atomic E-state index is -4.62. The van der Waals surface area contributed by atoms with E-state index in [0.717, 1.165) is 12.1 Å². The standard InChI is InChI=1S/C15H8F3NO4S/c16-15(17,18)9-5-7-10(8-6-9)24(22,23)19-12-4-2-1-3-11(12)13(20)14(19)21/h1-8H. The fraction of sp³-hybridized carbons (Fsp3) is 0.0667. The number of benzene rings is 2. The van der Waals surface area contributed by atoms with Gasteiger partial charge in [0.15, 0.2) is 0 Å². The molecule has 3 rings (SSSR count). The highest BCUT2D eigenvalue weighted by molar-refractivity contribution is 7.93. The number of sulfonamides is 1. The first-order chi connectivity index (χ1) is 11.1. The molecule has 1 amide bonds. The lowest BCUT2D eigenvalue weighted by Crippen LogP contribution is -2.35. The van der Waals surface area contributed by atoms with Gasteiger partial charge in [0, 0.05) is 0 Å². The topological polar surface area (TPSA) is 71.5 Å². The van der Waals surface area contributed by atoms with E-state index in [4.69, 9.17) is 0 Å². The van der Waals surface area contributed by atoms with E-state index in [-0.39, 0.29) is 11.3 Å². The lowest BCUT2D eigenvalue weighted by molar-refractivity contribution is -0.137. The van der Waals surface area contributed by atoms with Crippen molar-refractivity contribution < 1.29 is 31.2 Å². The summed E-state index contributed by atoms with van der Waals surface area (Å²) in [5, 5.41) is 0. The summed E-state index contributed by atoms with van der Waals surface area (Å²) in [6, 6.07) is 8.19. The predicted octanol–water partition coefficient (Wildman–Crippen LogP) is 2.62. The Morgan fingerprint density at radius 1 is 0.875 bits per heavy atom. The Morgan fingerprint density at radius 3 is 2.04 bits per heavy atom. The minimum absolute atomic E-state index is 0.0713. The highest BCUT2D eigenvalue weighted by Crippen LogP contribution is 2.35. The molecule has 0 saturated heterocycles. The van der Waals surface area contributed by atoms with Crippen molar-refractivity contribution in [3.05, 3.63) is 59.7 Å². The highest BCUT2D eigenvalue weighted by atomic mass is 32.2. The molecule has 0 fully saturated rings. The Balaban J connectivity index is 2.09. The van der Waals surface area contributed by atoms with Crippen LogP contribution >= 0.6 is 0 Å². The van der Waals surface area contributed by atoms with Crippen LogP contribution in [0.1, 0.15) is 15.9 Å². The smallest absolute Gasteiger partial charge is 0.283 e. The quantitative estimate of drug-likeness (QED) is 0.777. The first-order valence-corrected chi connectivity index (χ1v) is 7.98. The predicted molar refractivity (Wildman–Crippen MR) is 76.9 cm³/mol. The van der Waals surface area contributed by atoms with E-state index in [9.17, 15) is 31.2 Å².